The summed E-state index contributed by atoms with van der Waals surface area (Å²) < 4.78 is 23.5. The summed E-state index contributed by atoms with van der Waals surface area (Å²) in [5.41, 5.74) is 8.24. The van der Waals surface area contributed by atoms with E-state index in [1.165, 1.54) is 10.6 Å². The fraction of sp³-hybridized carbons (Fsp3) is 0.190. The number of hydrogen-bond acceptors (Lipinski definition) is 7. The molecule has 0 bridgehead atoms. The quantitative estimate of drug-likeness (QED) is 0.523. The minimum atomic E-state index is -0.656. The average molecular weight is 434 g/mol. The molecular weight excluding hydrogens is 415 g/mol. The molecule has 1 aliphatic heterocycles. The summed E-state index contributed by atoms with van der Waals surface area (Å²) in [6.45, 7) is 3.49. The third kappa shape index (κ3) is 3.14. The van der Waals surface area contributed by atoms with Crippen molar-refractivity contribution in [2.45, 2.75) is 20.1 Å². The highest BCUT2D eigenvalue weighted by molar-refractivity contribution is 5.92. The number of anilines is 1. The van der Waals surface area contributed by atoms with Crippen LogP contribution in [0.3, 0.4) is 0 Å². The van der Waals surface area contributed by atoms with Crippen molar-refractivity contribution >= 4 is 17.4 Å². The molecule has 4 heterocycles. The van der Waals surface area contributed by atoms with Gasteiger partial charge in [0.15, 0.2) is 12.1 Å². The van der Waals surface area contributed by atoms with E-state index in [1.807, 2.05) is 19.3 Å². The first-order valence-electron chi connectivity index (χ1n) is 9.81. The number of nitrogens with zero attached hydrogens (tertiary/aromatic N) is 7. The summed E-state index contributed by atoms with van der Waals surface area (Å²) in [4.78, 5) is 22.1. The van der Waals surface area contributed by atoms with E-state index in [2.05, 4.69) is 20.2 Å². The zero-order chi connectivity index (χ0) is 22.6. The Bertz CT molecular complexity index is 1410. The molecule has 0 radical (unpaired) electrons. The number of hydrogen-bond donors (Lipinski definition) is 1. The Morgan fingerprint density at radius 3 is 2.75 bits per heavy atom. The lowest BCUT2D eigenvalue weighted by Crippen LogP contribution is -2.27. The van der Waals surface area contributed by atoms with Crippen LogP contribution < -0.4 is 10.6 Å². The molecule has 1 amide bonds. The molecule has 1 aromatic carbocycles. The molecule has 5 rings (SSSR count). The molecule has 4 aromatic rings. The van der Waals surface area contributed by atoms with E-state index in [-0.39, 0.29) is 17.1 Å². The van der Waals surface area contributed by atoms with Gasteiger partial charge >= 0.3 is 0 Å². The second kappa shape index (κ2) is 7.15. The molecule has 1 aliphatic rings. The van der Waals surface area contributed by atoms with Crippen LogP contribution in [0.4, 0.5) is 10.1 Å². The number of nitrogens with two attached hydrogens (primary N) is 1. The van der Waals surface area contributed by atoms with Crippen molar-refractivity contribution in [2.24, 2.45) is 12.8 Å². The Morgan fingerprint density at radius 2 is 2.06 bits per heavy atom. The summed E-state index contributed by atoms with van der Waals surface area (Å²) in [5.74, 6) is -0.551. The lowest BCUT2D eigenvalue weighted by Gasteiger charge is -2.24. The van der Waals surface area contributed by atoms with Crippen LogP contribution >= 0.6 is 0 Å². The van der Waals surface area contributed by atoms with E-state index in [1.54, 1.807) is 48.0 Å². The van der Waals surface area contributed by atoms with Crippen molar-refractivity contribution in [2.75, 3.05) is 4.90 Å². The first kappa shape index (κ1) is 19.7. The molecule has 0 saturated heterocycles. The molecule has 3 aromatic heterocycles. The first-order valence-corrected chi connectivity index (χ1v) is 9.81. The van der Waals surface area contributed by atoms with E-state index in [4.69, 9.17) is 10.5 Å². The molecule has 1 unspecified atom stereocenters. The van der Waals surface area contributed by atoms with Gasteiger partial charge in [-0.1, -0.05) is 0 Å². The van der Waals surface area contributed by atoms with Crippen molar-refractivity contribution in [3.63, 3.8) is 0 Å². The van der Waals surface area contributed by atoms with E-state index < -0.39 is 18.0 Å². The van der Waals surface area contributed by atoms with Crippen LogP contribution in [-0.2, 0) is 16.6 Å². The summed E-state index contributed by atoms with van der Waals surface area (Å²) in [6, 6.07) is 6.39. The van der Waals surface area contributed by atoms with Crippen molar-refractivity contribution in [1.82, 2.24) is 29.4 Å². The van der Waals surface area contributed by atoms with Gasteiger partial charge in [-0.15, -0.1) is 5.10 Å². The van der Waals surface area contributed by atoms with E-state index in [0.29, 0.717) is 17.2 Å². The molecule has 0 spiro atoms. The smallest absolute Gasteiger partial charge is 0.285 e. The molecule has 0 aliphatic carbocycles. The number of rotatable bonds is 4. The molecule has 32 heavy (non-hydrogen) atoms. The van der Waals surface area contributed by atoms with Gasteiger partial charge in [0, 0.05) is 36.9 Å². The Balaban J connectivity index is 1.56. The first-order chi connectivity index (χ1) is 15.3. The van der Waals surface area contributed by atoms with Gasteiger partial charge in [-0.2, -0.15) is 10.1 Å². The lowest BCUT2D eigenvalue weighted by molar-refractivity contribution is -0.118. The fourth-order valence-corrected chi connectivity index (χ4v) is 3.76. The highest BCUT2D eigenvalue weighted by atomic mass is 19.1. The molecule has 11 heteroatoms. The Morgan fingerprint density at radius 1 is 1.25 bits per heavy atom. The minimum absolute atomic E-state index is 0.0838. The zero-order valence-electron chi connectivity index (χ0n) is 17.5. The number of amides is 1. The third-order valence-corrected chi connectivity index (χ3v) is 5.24. The van der Waals surface area contributed by atoms with Gasteiger partial charge in [-0.25, -0.2) is 13.9 Å². The Kier molecular flexibility index (Phi) is 4.40. The van der Waals surface area contributed by atoms with Crippen LogP contribution in [0.5, 0.6) is 0 Å². The van der Waals surface area contributed by atoms with Crippen molar-refractivity contribution < 1.29 is 13.9 Å². The van der Waals surface area contributed by atoms with E-state index in [9.17, 15) is 9.18 Å². The number of carbonyl (C=O) groups excluding carboxylic acids is 1. The maximum atomic E-state index is 14.8. The number of fused-ring (bicyclic) bond motifs is 1. The van der Waals surface area contributed by atoms with Crippen LogP contribution in [0, 0.1) is 5.82 Å². The number of aryl methyl sites for hydroxylation is 1. The topological polar surface area (TPSA) is 116 Å². The molecule has 10 nitrogen and oxygen atoms in total. The number of carbonyl (C=O) groups is 1. The van der Waals surface area contributed by atoms with Gasteiger partial charge in [0.2, 0.25) is 5.76 Å². The second-order valence-electron chi connectivity index (χ2n) is 7.43. The van der Waals surface area contributed by atoms with Gasteiger partial charge in [0.05, 0.1) is 17.0 Å². The normalized spacial score (nSPS) is 16.1. The third-order valence-electron chi connectivity index (χ3n) is 5.24. The summed E-state index contributed by atoms with van der Waals surface area (Å²) >= 11 is 0. The summed E-state index contributed by atoms with van der Waals surface area (Å²) in [7, 11) is 1.83. The number of ether oxygens (including phenoxy) is 1. The van der Waals surface area contributed by atoms with Crippen LogP contribution in [-0.4, -0.2) is 41.5 Å². The molecule has 0 saturated carbocycles. The van der Waals surface area contributed by atoms with Gasteiger partial charge in [-0.3, -0.25) is 9.48 Å². The summed E-state index contributed by atoms with van der Waals surface area (Å²) in [5, 5.41) is 8.77. The average Bonchev–Trinajstić information content (AvgIpc) is 3.45. The molecule has 0 fully saturated rings. The van der Waals surface area contributed by atoms with Crippen LogP contribution in [0.1, 0.15) is 13.8 Å². The Hall–Kier alpha value is -4.28. The van der Waals surface area contributed by atoms with Crippen molar-refractivity contribution in [1.29, 1.82) is 0 Å². The van der Waals surface area contributed by atoms with Crippen molar-refractivity contribution in [3.05, 3.63) is 60.1 Å². The number of benzene rings is 1. The number of primary amides is 1. The zero-order valence-corrected chi connectivity index (χ0v) is 17.5. The van der Waals surface area contributed by atoms with Crippen molar-refractivity contribution in [3.8, 4) is 22.6 Å². The maximum absolute atomic E-state index is 14.8. The van der Waals surface area contributed by atoms with Crippen LogP contribution in [0.25, 0.3) is 28.4 Å². The predicted octanol–water partition coefficient (Wildman–Crippen LogP) is 2.23. The fourth-order valence-electron chi connectivity index (χ4n) is 3.76. The van der Waals surface area contributed by atoms with Gasteiger partial charge in [0.1, 0.15) is 5.82 Å². The predicted molar refractivity (Wildman–Crippen MR) is 113 cm³/mol. The molecule has 1 atom stereocenters. The summed E-state index contributed by atoms with van der Waals surface area (Å²) in [6.07, 6.45) is 4.74. The van der Waals surface area contributed by atoms with Gasteiger partial charge in [0.25, 0.3) is 11.7 Å². The molecule has 162 valence electrons. The number of halogens is 1. The maximum Gasteiger partial charge on any atom is 0.285 e. The standard InChI is InChI=1S/C21H19FN8O2/c1-11-18(19(23)31)32-12(2)30(11)14-4-5-16(22)15(8-14)20-25-21-24-9-13(10-29(21)27-20)17-6-7-28(3)26-17/h4-10,12H,1-3H3,(H2,23,31). The Labute approximate surface area is 181 Å². The van der Waals surface area contributed by atoms with E-state index in [0.717, 1.165) is 11.3 Å². The van der Waals surface area contributed by atoms with Gasteiger partial charge in [-0.05, 0) is 38.1 Å². The SMILES string of the molecule is CC1=C(C(N)=O)OC(C)N1c1ccc(F)c(-c2nc3ncc(-c4ccn(C)n4)cn3n2)c1. The molecular formula is C21H19FN8O2. The largest absolute Gasteiger partial charge is 0.463 e. The lowest BCUT2D eigenvalue weighted by atomic mass is 10.1. The molecule has 2 N–H and O–H groups in total. The highest BCUT2D eigenvalue weighted by Gasteiger charge is 2.32. The van der Waals surface area contributed by atoms with E-state index >= 15 is 0 Å². The number of allylic oxidation sites excluding steroid dienone is 1. The van der Waals surface area contributed by atoms with Crippen LogP contribution in [0.2, 0.25) is 0 Å². The highest BCUT2D eigenvalue weighted by Crippen LogP contribution is 2.34. The minimum Gasteiger partial charge on any atom is -0.463 e. The second-order valence-corrected chi connectivity index (χ2v) is 7.43. The van der Waals surface area contributed by atoms with Crippen LogP contribution in [0.15, 0.2) is 54.3 Å². The van der Waals surface area contributed by atoms with Gasteiger partial charge < -0.3 is 15.4 Å². The monoisotopic (exact) mass is 434 g/mol. The number of aromatic nitrogens is 6.